The van der Waals surface area contributed by atoms with Crippen LogP contribution >= 0.6 is 11.6 Å². The van der Waals surface area contributed by atoms with Crippen LogP contribution in [0.1, 0.15) is 24.2 Å². The van der Waals surface area contributed by atoms with Gasteiger partial charge in [-0.15, -0.1) is 0 Å². The first-order valence-electron chi connectivity index (χ1n) is 5.07. The summed E-state index contributed by atoms with van der Waals surface area (Å²) in [7, 11) is 0. The Hall–Kier alpha value is -1.03. The van der Waals surface area contributed by atoms with Gasteiger partial charge in [-0.05, 0) is 26.7 Å². The van der Waals surface area contributed by atoms with Crippen molar-refractivity contribution < 1.29 is 4.79 Å². The lowest BCUT2D eigenvalue weighted by Gasteiger charge is -2.04. The second kappa shape index (κ2) is 3.85. The first kappa shape index (κ1) is 10.5. The Balaban J connectivity index is 2.02. The number of carbonyl (C=O) groups excluding carboxylic acids is 1. The largest absolute Gasteiger partial charge is 0.352 e. The van der Waals surface area contributed by atoms with Crippen LogP contribution in [0.4, 0.5) is 0 Å². The fourth-order valence-corrected chi connectivity index (χ4v) is 1.60. The Morgan fingerprint density at radius 3 is 2.73 bits per heavy atom. The predicted molar refractivity (Wildman–Crippen MR) is 57.9 cm³/mol. The van der Waals surface area contributed by atoms with Crippen LogP contribution in [0.2, 0.25) is 5.02 Å². The zero-order valence-electron chi connectivity index (χ0n) is 8.88. The Bertz CT molecular complexity index is 396. The first-order chi connectivity index (χ1) is 7.08. The highest BCUT2D eigenvalue weighted by molar-refractivity contribution is 6.31. The lowest BCUT2D eigenvalue weighted by molar-refractivity contribution is -0.122. The third-order valence-corrected chi connectivity index (χ3v) is 3.08. The van der Waals surface area contributed by atoms with Crippen molar-refractivity contribution in [3.63, 3.8) is 0 Å². The third-order valence-electron chi connectivity index (χ3n) is 2.53. The zero-order chi connectivity index (χ0) is 11.0. The molecule has 15 heavy (non-hydrogen) atoms. The van der Waals surface area contributed by atoms with Crippen molar-refractivity contribution in [1.29, 1.82) is 0 Å². The molecule has 0 atom stereocenters. The number of hydrogen-bond acceptors (Lipinski definition) is 2. The van der Waals surface area contributed by atoms with E-state index < -0.39 is 0 Å². The van der Waals surface area contributed by atoms with Crippen LogP contribution in [0.3, 0.4) is 0 Å². The van der Waals surface area contributed by atoms with Crippen LogP contribution < -0.4 is 5.32 Å². The molecular formula is C10H14ClN3O. The molecule has 2 rings (SSSR count). The van der Waals surface area contributed by atoms with Crippen LogP contribution in [0, 0.1) is 13.8 Å². The maximum absolute atomic E-state index is 11.5. The minimum absolute atomic E-state index is 0.0137. The Labute approximate surface area is 93.6 Å². The SMILES string of the molecule is Cc1nn(CC(=O)NC2CC2)c(C)c1Cl. The van der Waals surface area contributed by atoms with Crippen molar-refractivity contribution in [3.05, 3.63) is 16.4 Å². The molecule has 5 heteroatoms. The average molecular weight is 228 g/mol. The van der Waals surface area contributed by atoms with Gasteiger partial charge in [-0.2, -0.15) is 5.10 Å². The fraction of sp³-hybridized carbons (Fsp3) is 0.600. The van der Waals surface area contributed by atoms with E-state index in [4.69, 9.17) is 11.6 Å². The van der Waals surface area contributed by atoms with Crippen LogP contribution in [0.15, 0.2) is 0 Å². The number of hydrogen-bond donors (Lipinski definition) is 1. The van der Waals surface area contributed by atoms with Crippen molar-refractivity contribution in [1.82, 2.24) is 15.1 Å². The summed E-state index contributed by atoms with van der Waals surface area (Å²) in [5.41, 5.74) is 1.62. The highest BCUT2D eigenvalue weighted by Crippen LogP contribution is 2.20. The van der Waals surface area contributed by atoms with Gasteiger partial charge in [0.15, 0.2) is 0 Å². The van der Waals surface area contributed by atoms with Crippen molar-refractivity contribution in [2.75, 3.05) is 0 Å². The summed E-state index contributed by atoms with van der Waals surface area (Å²) in [5.74, 6) is 0.0137. The monoisotopic (exact) mass is 227 g/mol. The molecule has 0 aromatic carbocycles. The molecule has 0 saturated heterocycles. The Morgan fingerprint density at radius 2 is 2.27 bits per heavy atom. The maximum atomic E-state index is 11.5. The number of rotatable bonds is 3. The van der Waals surface area contributed by atoms with Gasteiger partial charge in [-0.3, -0.25) is 9.48 Å². The summed E-state index contributed by atoms with van der Waals surface area (Å²) in [6.07, 6.45) is 2.20. The van der Waals surface area contributed by atoms with Gasteiger partial charge in [0.05, 0.1) is 16.4 Å². The predicted octanol–water partition coefficient (Wildman–Crippen LogP) is 1.43. The number of aromatic nitrogens is 2. The minimum Gasteiger partial charge on any atom is -0.352 e. The minimum atomic E-state index is 0.0137. The molecule has 1 amide bonds. The van der Waals surface area contributed by atoms with E-state index in [2.05, 4.69) is 10.4 Å². The molecule has 1 N–H and O–H groups in total. The average Bonchev–Trinajstić information content (AvgIpc) is 2.94. The number of carbonyl (C=O) groups is 1. The second-order valence-corrected chi connectivity index (χ2v) is 4.36. The number of amides is 1. The van der Waals surface area contributed by atoms with Crippen LogP contribution in [0.5, 0.6) is 0 Å². The van der Waals surface area contributed by atoms with Crippen molar-refractivity contribution >= 4 is 17.5 Å². The molecule has 0 radical (unpaired) electrons. The summed E-state index contributed by atoms with van der Waals surface area (Å²) < 4.78 is 1.65. The maximum Gasteiger partial charge on any atom is 0.241 e. The summed E-state index contributed by atoms with van der Waals surface area (Å²) in [6.45, 7) is 3.97. The molecule has 1 aromatic heterocycles. The van der Waals surface area contributed by atoms with Gasteiger partial charge in [0.25, 0.3) is 0 Å². The number of halogens is 1. The molecule has 4 nitrogen and oxygen atoms in total. The summed E-state index contributed by atoms with van der Waals surface area (Å²) in [4.78, 5) is 11.5. The van der Waals surface area contributed by atoms with Gasteiger partial charge in [0, 0.05) is 6.04 Å². The number of aryl methyl sites for hydroxylation is 1. The molecule has 1 aromatic rings. The van der Waals surface area contributed by atoms with Crippen LogP contribution in [-0.2, 0) is 11.3 Å². The van der Waals surface area contributed by atoms with E-state index in [1.807, 2.05) is 13.8 Å². The number of nitrogens with zero attached hydrogens (tertiary/aromatic N) is 2. The molecular weight excluding hydrogens is 214 g/mol. The molecule has 0 bridgehead atoms. The summed E-state index contributed by atoms with van der Waals surface area (Å²) >= 11 is 5.98. The lowest BCUT2D eigenvalue weighted by atomic mass is 10.4. The first-order valence-corrected chi connectivity index (χ1v) is 5.44. The number of nitrogens with one attached hydrogen (secondary N) is 1. The molecule has 1 aliphatic carbocycles. The van der Waals surface area contributed by atoms with E-state index in [1.165, 1.54) is 0 Å². The van der Waals surface area contributed by atoms with Gasteiger partial charge in [0.2, 0.25) is 5.91 Å². The van der Waals surface area contributed by atoms with Crippen molar-refractivity contribution in [2.24, 2.45) is 0 Å². The smallest absolute Gasteiger partial charge is 0.241 e. The Morgan fingerprint density at radius 1 is 1.60 bits per heavy atom. The second-order valence-electron chi connectivity index (χ2n) is 3.98. The summed E-state index contributed by atoms with van der Waals surface area (Å²) in [6, 6.07) is 0.393. The summed E-state index contributed by atoms with van der Waals surface area (Å²) in [5, 5.41) is 7.76. The Kier molecular flexibility index (Phi) is 2.69. The fourth-order valence-electron chi connectivity index (χ4n) is 1.47. The van der Waals surface area contributed by atoms with E-state index in [0.717, 1.165) is 24.2 Å². The molecule has 0 aliphatic heterocycles. The van der Waals surface area contributed by atoms with E-state index in [0.29, 0.717) is 11.1 Å². The molecule has 1 heterocycles. The molecule has 82 valence electrons. The molecule has 1 aliphatic rings. The highest BCUT2D eigenvalue weighted by Gasteiger charge is 2.23. The molecule has 1 saturated carbocycles. The van der Waals surface area contributed by atoms with E-state index >= 15 is 0 Å². The van der Waals surface area contributed by atoms with Gasteiger partial charge < -0.3 is 5.32 Å². The molecule has 0 unspecified atom stereocenters. The highest BCUT2D eigenvalue weighted by atomic mass is 35.5. The van der Waals surface area contributed by atoms with Crippen LogP contribution in [-0.4, -0.2) is 21.7 Å². The normalized spacial score (nSPS) is 15.4. The zero-order valence-corrected chi connectivity index (χ0v) is 9.64. The van der Waals surface area contributed by atoms with Gasteiger partial charge in [-0.25, -0.2) is 0 Å². The van der Waals surface area contributed by atoms with Gasteiger partial charge in [-0.1, -0.05) is 11.6 Å². The molecule has 0 spiro atoms. The van der Waals surface area contributed by atoms with Gasteiger partial charge in [0.1, 0.15) is 6.54 Å². The quantitative estimate of drug-likeness (QED) is 0.849. The van der Waals surface area contributed by atoms with E-state index in [-0.39, 0.29) is 12.5 Å². The van der Waals surface area contributed by atoms with Crippen molar-refractivity contribution in [3.8, 4) is 0 Å². The van der Waals surface area contributed by atoms with E-state index in [1.54, 1.807) is 4.68 Å². The molecule has 1 fully saturated rings. The van der Waals surface area contributed by atoms with Crippen LogP contribution in [0.25, 0.3) is 0 Å². The van der Waals surface area contributed by atoms with Crippen molar-refractivity contribution in [2.45, 2.75) is 39.3 Å². The standard InChI is InChI=1S/C10H14ClN3O/c1-6-10(11)7(2)14(13-6)5-9(15)12-8-3-4-8/h8H,3-5H2,1-2H3,(H,12,15). The third kappa shape index (κ3) is 2.31. The lowest BCUT2D eigenvalue weighted by Crippen LogP contribution is -2.30. The van der Waals surface area contributed by atoms with Gasteiger partial charge >= 0.3 is 0 Å². The van der Waals surface area contributed by atoms with E-state index in [9.17, 15) is 4.79 Å². The topological polar surface area (TPSA) is 46.9 Å².